The second-order valence-electron chi connectivity index (χ2n) is 4.81. The standard InChI is InChI=1S/C14H21ClN2O4S/c1-4-22(19,20)17-6-5-16-13(18)9-21-12-7-10(2)14(15)11(3)8-12/h7-8,17H,4-6,9H2,1-3H3,(H,16,18). The summed E-state index contributed by atoms with van der Waals surface area (Å²) in [5, 5.41) is 3.25. The third-order valence-electron chi connectivity index (χ3n) is 2.93. The third-order valence-corrected chi connectivity index (χ3v) is 4.93. The normalized spacial score (nSPS) is 11.3. The summed E-state index contributed by atoms with van der Waals surface area (Å²) < 4.78 is 30.1. The SMILES string of the molecule is CCS(=O)(=O)NCCNC(=O)COc1cc(C)c(Cl)c(C)c1. The van der Waals surface area contributed by atoms with Crippen LogP contribution < -0.4 is 14.8 Å². The highest BCUT2D eigenvalue weighted by molar-refractivity contribution is 7.89. The predicted octanol–water partition coefficient (Wildman–Crippen LogP) is 1.39. The molecule has 0 aromatic heterocycles. The molecule has 0 radical (unpaired) electrons. The number of rotatable bonds is 8. The van der Waals surface area contributed by atoms with Crippen LogP contribution in [0.3, 0.4) is 0 Å². The number of halogens is 1. The van der Waals surface area contributed by atoms with Crippen LogP contribution in [0.25, 0.3) is 0 Å². The van der Waals surface area contributed by atoms with Gasteiger partial charge in [-0.05, 0) is 44.0 Å². The van der Waals surface area contributed by atoms with Crippen molar-refractivity contribution in [2.24, 2.45) is 0 Å². The molecule has 0 unspecified atom stereocenters. The van der Waals surface area contributed by atoms with E-state index in [4.69, 9.17) is 16.3 Å². The lowest BCUT2D eigenvalue weighted by Crippen LogP contribution is -2.37. The molecule has 1 aromatic carbocycles. The first kappa shape index (κ1) is 18.7. The maximum absolute atomic E-state index is 11.6. The highest BCUT2D eigenvalue weighted by Gasteiger charge is 2.08. The molecule has 8 heteroatoms. The molecule has 0 aliphatic rings. The lowest BCUT2D eigenvalue weighted by atomic mass is 10.1. The van der Waals surface area contributed by atoms with Gasteiger partial charge in [0, 0.05) is 18.1 Å². The van der Waals surface area contributed by atoms with Crippen LogP contribution in [0.2, 0.25) is 5.02 Å². The van der Waals surface area contributed by atoms with Crippen LogP contribution in [0, 0.1) is 13.8 Å². The summed E-state index contributed by atoms with van der Waals surface area (Å²) in [5.74, 6) is 0.265. The number of hydrogen-bond acceptors (Lipinski definition) is 4. The van der Waals surface area contributed by atoms with E-state index in [9.17, 15) is 13.2 Å². The van der Waals surface area contributed by atoms with Crippen molar-refractivity contribution < 1.29 is 17.9 Å². The number of nitrogens with one attached hydrogen (secondary N) is 2. The number of amides is 1. The van der Waals surface area contributed by atoms with Crippen molar-refractivity contribution in [3.05, 3.63) is 28.3 Å². The van der Waals surface area contributed by atoms with Crippen LogP contribution in [0.5, 0.6) is 5.75 Å². The number of carbonyl (C=O) groups excluding carboxylic acids is 1. The van der Waals surface area contributed by atoms with Crippen LogP contribution in [-0.2, 0) is 14.8 Å². The molecule has 124 valence electrons. The number of aryl methyl sites for hydroxylation is 2. The van der Waals surface area contributed by atoms with E-state index < -0.39 is 10.0 Å². The Bertz CT molecular complexity index is 609. The Morgan fingerprint density at radius 3 is 2.36 bits per heavy atom. The monoisotopic (exact) mass is 348 g/mol. The molecule has 0 atom stereocenters. The number of benzene rings is 1. The zero-order valence-electron chi connectivity index (χ0n) is 12.9. The zero-order chi connectivity index (χ0) is 16.8. The topological polar surface area (TPSA) is 84.5 Å². The van der Waals surface area contributed by atoms with Crippen molar-refractivity contribution >= 4 is 27.5 Å². The fourth-order valence-electron chi connectivity index (χ4n) is 1.70. The van der Waals surface area contributed by atoms with E-state index in [1.165, 1.54) is 0 Å². The lowest BCUT2D eigenvalue weighted by molar-refractivity contribution is -0.123. The summed E-state index contributed by atoms with van der Waals surface area (Å²) >= 11 is 6.05. The minimum absolute atomic E-state index is 0.0132. The van der Waals surface area contributed by atoms with Crippen LogP contribution in [0.4, 0.5) is 0 Å². The first-order chi connectivity index (χ1) is 10.2. The third kappa shape index (κ3) is 6.21. The first-order valence-electron chi connectivity index (χ1n) is 6.88. The molecular formula is C14H21ClN2O4S. The van der Waals surface area contributed by atoms with Gasteiger partial charge in [0.1, 0.15) is 5.75 Å². The molecule has 1 aromatic rings. The first-order valence-corrected chi connectivity index (χ1v) is 8.91. The Morgan fingerprint density at radius 2 is 1.82 bits per heavy atom. The molecule has 0 fully saturated rings. The van der Waals surface area contributed by atoms with Crippen molar-refractivity contribution in [2.45, 2.75) is 20.8 Å². The van der Waals surface area contributed by atoms with Crippen molar-refractivity contribution in [1.29, 1.82) is 0 Å². The summed E-state index contributed by atoms with van der Waals surface area (Å²) in [5.41, 5.74) is 1.76. The summed E-state index contributed by atoms with van der Waals surface area (Å²) in [6.07, 6.45) is 0. The Labute approximate surface area is 136 Å². The van der Waals surface area contributed by atoms with Crippen LogP contribution in [0.1, 0.15) is 18.1 Å². The molecule has 1 amide bonds. The van der Waals surface area contributed by atoms with Gasteiger partial charge < -0.3 is 10.1 Å². The molecular weight excluding hydrogens is 328 g/mol. The maximum atomic E-state index is 11.6. The average molecular weight is 349 g/mol. The van der Waals surface area contributed by atoms with Crippen LogP contribution in [-0.4, -0.2) is 39.8 Å². The molecule has 0 aliphatic carbocycles. The van der Waals surface area contributed by atoms with Crippen molar-refractivity contribution in [2.75, 3.05) is 25.4 Å². The van der Waals surface area contributed by atoms with Crippen LogP contribution in [0.15, 0.2) is 12.1 Å². The minimum atomic E-state index is -3.23. The van der Waals surface area contributed by atoms with Gasteiger partial charge in [0.15, 0.2) is 6.61 Å². The molecule has 0 saturated carbocycles. The second-order valence-corrected chi connectivity index (χ2v) is 7.28. The molecule has 6 nitrogen and oxygen atoms in total. The van der Waals surface area contributed by atoms with Gasteiger partial charge in [0.2, 0.25) is 10.0 Å². The van der Waals surface area contributed by atoms with Gasteiger partial charge in [-0.3, -0.25) is 4.79 Å². The number of sulfonamides is 1. The van der Waals surface area contributed by atoms with Gasteiger partial charge in [-0.25, -0.2) is 13.1 Å². The molecule has 1 rings (SSSR count). The fraction of sp³-hybridized carbons (Fsp3) is 0.500. The van der Waals surface area contributed by atoms with E-state index in [0.717, 1.165) is 11.1 Å². The van der Waals surface area contributed by atoms with E-state index >= 15 is 0 Å². The van der Waals surface area contributed by atoms with E-state index in [2.05, 4.69) is 10.0 Å². The van der Waals surface area contributed by atoms with Gasteiger partial charge in [-0.1, -0.05) is 11.6 Å². The number of carbonyl (C=O) groups is 1. The number of hydrogen-bond donors (Lipinski definition) is 2. The van der Waals surface area contributed by atoms with Crippen molar-refractivity contribution in [3.8, 4) is 5.75 Å². The summed E-state index contributed by atoms with van der Waals surface area (Å²) in [6, 6.07) is 3.52. The molecule has 22 heavy (non-hydrogen) atoms. The Hall–Kier alpha value is -1.31. The molecule has 0 spiro atoms. The van der Waals surface area contributed by atoms with Crippen molar-refractivity contribution in [1.82, 2.24) is 10.0 Å². The van der Waals surface area contributed by atoms with Gasteiger partial charge in [0.05, 0.1) is 5.75 Å². The molecule has 0 saturated heterocycles. The molecule has 2 N–H and O–H groups in total. The zero-order valence-corrected chi connectivity index (χ0v) is 14.5. The summed E-state index contributed by atoms with van der Waals surface area (Å²) in [4.78, 5) is 11.6. The Morgan fingerprint density at radius 1 is 1.23 bits per heavy atom. The van der Waals surface area contributed by atoms with Crippen LogP contribution >= 0.6 is 11.6 Å². The highest BCUT2D eigenvalue weighted by atomic mass is 35.5. The van der Waals surface area contributed by atoms with Crippen molar-refractivity contribution in [3.63, 3.8) is 0 Å². The Kier molecular flexibility index (Phi) is 7.12. The average Bonchev–Trinajstić information content (AvgIpc) is 2.47. The summed E-state index contributed by atoms with van der Waals surface area (Å²) in [7, 11) is -3.23. The van der Waals surface area contributed by atoms with Gasteiger partial charge in [-0.15, -0.1) is 0 Å². The van der Waals surface area contributed by atoms with Gasteiger partial charge >= 0.3 is 0 Å². The Balaban J connectivity index is 2.35. The van der Waals surface area contributed by atoms with E-state index in [0.29, 0.717) is 10.8 Å². The van der Waals surface area contributed by atoms with Gasteiger partial charge in [0.25, 0.3) is 5.91 Å². The highest BCUT2D eigenvalue weighted by Crippen LogP contribution is 2.25. The van der Waals surface area contributed by atoms with E-state index in [1.807, 2.05) is 13.8 Å². The van der Waals surface area contributed by atoms with Gasteiger partial charge in [-0.2, -0.15) is 0 Å². The second kappa shape index (κ2) is 8.36. The molecule has 0 bridgehead atoms. The van der Waals surface area contributed by atoms with E-state index in [1.54, 1.807) is 19.1 Å². The molecule has 0 heterocycles. The number of ether oxygens (including phenoxy) is 1. The maximum Gasteiger partial charge on any atom is 0.257 e. The largest absolute Gasteiger partial charge is 0.484 e. The smallest absolute Gasteiger partial charge is 0.257 e. The minimum Gasteiger partial charge on any atom is -0.484 e. The fourth-order valence-corrected chi connectivity index (χ4v) is 2.43. The predicted molar refractivity (Wildman–Crippen MR) is 86.9 cm³/mol. The lowest BCUT2D eigenvalue weighted by Gasteiger charge is -2.10. The molecule has 0 aliphatic heterocycles. The van der Waals surface area contributed by atoms with E-state index in [-0.39, 0.29) is 31.4 Å². The summed E-state index contributed by atoms with van der Waals surface area (Å²) in [6.45, 7) is 5.50. The quantitative estimate of drug-likeness (QED) is 0.695.